The van der Waals surface area contributed by atoms with E-state index in [1.807, 2.05) is 31.2 Å². The summed E-state index contributed by atoms with van der Waals surface area (Å²) in [5, 5.41) is 5.24. The van der Waals surface area contributed by atoms with E-state index in [1.165, 1.54) is 41.2 Å². The van der Waals surface area contributed by atoms with E-state index in [0.717, 1.165) is 11.4 Å². The van der Waals surface area contributed by atoms with Gasteiger partial charge in [-0.15, -0.1) is 23.5 Å². The van der Waals surface area contributed by atoms with Crippen LogP contribution in [0.3, 0.4) is 0 Å². The Hall–Kier alpha value is 0.0800. The Labute approximate surface area is 132 Å². The second kappa shape index (κ2) is 8.39. The third-order valence-corrected chi connectivity index (χ3v) is 6.04. The lowest BCUT2D eigenvalue weighted by molar-refractivity contribution is -0.123. The summed E-state index contributed by atoms with van der Waals surface area (Å²) in [7, 11) is 0. The van der Waals surface area contributed by atoms with Gasteiger partial charge >= 0.3 is 0 Å². The largest absolute Gasteiger partial charge is 0.277 e. The average Bonchev–Trinajstić information content (AvgIpc) is 2.84. The molecular weight excluding hydrogens is 318 g/mol. The maximum atomic E-state index is 12.4. The third kappa shape index (κ3) is 4.03. The molecule has 8 heteroatoms. The maximum Gasteiger partial charge on any atom is 0.277 e. The molecule has 0 aliphatic carbocycles. The topological polar surface area (TPSA) is 38.1 Å². The molecule has 0 aliphatic heterocycles. The summed E-state index contributed by atoms with van der Waals surface area (Å²) in [5.74, 6) is 0.0605. The lowest BCUT2D eigenvalue weighted by atomic mass is 10.3. The number of hydrogen-bond acceptors (Lipinski definition) is 6. The van der Waals surface area contributed by atoms with E-state index in [1.54, 1.807) is 20.2 Å². The number of aromatic nitrogens is 2. The van der Waals surface area contributed by atoms with E-state index < -0.39 is 0 Å². The van der Waals surface area contributed by atoms with Gasteiger partial charge < -0.3 is 0 Å². The van der Waals surface area contributed by atoms with E-state index >= 15 is 0 Å². The van der Waals surface area contributed by atoms with Crippen LogP contribution in [0.5, 0.6) is 0 Å². The van der Waals surface area contributed by atoms with Gasteiger partial charge in [-0.1, -0.05) is 6.92 Å². The lowest BCUT2D eigenvalue weighted by Crippen LogP contribution is -2.26. The van der Waals surface area contributed by atoms with Crippen LogP contribution in [0.4, 0.5) is 0 Å². The van der Waals surface area contributed by atoms with Crippen LogP contribution in [-0.2, 0) is 11.2 Å². The number of hydrogen-bond donors (Lipinski definition) is 0. The maximum absolute atomic E-state index is 12.4. The molecule has 1 amide bonds. The van der Waals surface area contributed by atoms with E-state index in [-0.39, 0.29) is 11.3 Å². The summed E-state index contributed by atoms with van der Waals surface area (Å²) in [6, 6.07) is 0. The smallest absolute Gasteiger partial charge is 0.269 e. The number of aryl methyl sites for hydroxylation is 1. The van der Waals surface area contributed by atoms with Crippen LogP contribution in [0.1, 0.15) is 17.9 Å². The zero-order valence-corrected chi connectivity index (χ0v) is 15.0. The van der Waals surface area contributed by atoms with Gasteiger partial charge in [0, 0.05) is 24.3 Å². The quantitative estimate of drug-likeness (QED) is 0.561. The number of rotatable bonds is 7. The predicted octanol–water partition coefficient (Wildman–Crippen LogP) is 3.41. The minimum absolute atomic E-state index is 0.0605. The molecule has 108 valence electrons. The van der Waals surface area contributed by atoms with Crippen molar-refractivity contribution in [3.63, 3.8) is 0 Å². The Bertz CT molecular complexity index is 399. The van der Waals surface area contributed by atoms with Gasteiger partial charge in [-0.2, -0.15) is 5.10 Å². The molecular formula is C11H19N3OS4. The van der Waals surface area contributed by atoms with Crippen LogP contribution in [0.15, 0.2) is 11.2 Å². The molecule has 0 saturated heterocycles. The molecule has 0 aliphatic rings. The SMILES string of the molecule is CCc1cn(C(SC)C(=O)N(SC)SC)nc1SC. The Kier molecular flexibility index (Phi) is 7.56. The third-order valence-electron chi connectivity index (χ3n) is 2.53. The van der Waals surface area contributed by atoms with Crippen LogP contribution in [0.2, 0.25) is 0 Å². The van der Waals surface area contributed by atoms with Crippen molar-refractivity contribution in [2.24, 2.45) is 0 Å². The molecule has 0 fully saturated rings. The van der Waals surface area contributed by atoms with Crippen LogP contribution >= 0.6 is 47.4 Å². The fourth-order valence-corrected chi connectivity index (χ4v) is 4.17. The van der Waals surface area contributed by atoms with Gasteiger partial charge in [0.15, 0.2) is 5.37 Å². The van der Waals surface area contributed by atoms with Gasteiger partial charge in [0.25, 0.3) is 5.91 Å². The molecule has 0 N–H and O–H groups in total. The zero-order valence-electron chi connectivity index (χ0n) is 11.7. The molecule has 1 unspecified atom stereocenters. The fourth-order valence-electron chi connectivity index (χ4n) is 1.61. The Morgan fingerprint density at radius 2 is 2.00 bits per heavy atom. The zero-order chi connectivity index (χ0) is 14.4. The molecule has 19 heavy (non-hydrogen) atoms. The Morgan fingerprint density at radius 1 is 1.37 bits per heavy atom. The highest BCUT2D eigenvalue weighted by atomic mass is 32.2. The number of thioether (sulfide) groups is 2. The van der Waals surface area contributed by atoms with Gasteiger partial charge in [-0.05, 0) is 42.8 Å². The lowest BCUT2D eigenvalue weighted by Gasteiger charge is -2.21. The van der Waals surface area contributed by atoms with E-state index in [9.17, 15) is 4.79 Å². The normalized spacial score (nSPS) is 12.5. The van der Waals surface area contributed by atoms with Crippen molar-refractivity contribution in [1.82, 2.24) is 13.5 Å². The first kappa shape index (κ1) is 17.1. The van der Waals surface area contributed by atoms with Gasteiger partial charge in [0.1, 0.15) is 5.03 Å². The van der Waals surface area contributed by atoms with Crippen molar-refractivity contribution in [1.29, 1.82) is 0 Å². The van der Waals surface area contributed by atoms with Gasteiger partial charge in [-0.25, -0.2) is 8.39 Å². The van der Waals surface area contributed by atoms with Crippen LogP contribution in [-0.4, -0.2) is 44.4 Å². The highest BCUT2D eigenvalue weighted by Crippen LogP contribution is 2.30. The fraction of sp³-hybridized carbons (Fsp3) is 0.636. The van der Waals surface area contributed by atoms with E-state index in [0.29, 0.717) is 0 Å². The first-order valence-electron chi connectivity index (χ1n) is 5.69. The van der Waals surface area contributed by atoms with E-state index in [2.05, 4.69) is 12.0 Å². The van der Waals surface area contributed by atoms with Crippen molar-refractivity contribution >= 4 is 53.3 Å². The molecule has 1 rings (SSSR count). The van der Waals surface area contributed by atoms with Gasteiger partial charge in [-0.3, -0.25) is 4.79 Å². The van der Waals surface area contributed by atoms with Gasteiger partial charge in [0.2, 0.25) is 0 Å². The monoisotopic (exact) mass is 337 g/mol. The van der Waals surface area contributed by atoms with Crippen molar-refractivity contribution in [3.8, 4) is 0 Å². The van der Waals surface area contributed by atoms with Crippen molar-refractivity contribution in [2.45, 2.75) is 23.7 Å². The standard InChI is InChI=1S/C11H19N3OS4/c1-6-8-7-13(12-9(8)16-2)11(17-3)10(15)14(18-4)19-5/h7,11H,6H2,1-5H3. The summed E-state index contributed by atoms with van der Waals surface area (Å²) >= 11 is 5.98. The summed E-state index contributed by atoms with van der Waals surface area (Å²) in [5.41, 5.74) is 1.19. The molecule has 1 atom stereocenters. The van der Waals surface area contributed by atoms with Crippen LogP contribution in [0, 0.1) is 0 Å². The molecule has 0 saturated carbocycles. The number of carbonyl (C=O) groups excluding carboxylic acids is 1. The highest BCUT2D eigenvalue weighted by Gasteiger charge is 2.26. The second-order valence-electron chi connectivity index (χ2n) is 3.55. The number of nitrogens with zero attached hydrogens (tertiary/aromatic N) is 3. The van der Waals surface area contributed by atoms with Crippen molar-refractivity contribution in [3.05, 3.63) is 11.8 Å². The Balaban J connectivity index is 3.02. The molecule has 1 aromatic rings. The minimum atomic E-state index is -0.300. The van der Waals surface area contributed by atoms with E-state index in [4.69, 9.17) is 0 Å². The summed E-state index contributed by atoms with van der Waals surface area (Å²) in [6.07, 6.45) is 10.7. The highest BCUT2D eigenvalue weighted by molar-refractivity contribution is 8.12. The molecule has 1 heterocycles. The van der Waals surface area contributed by atoms with Crippen molar-refractivity contribution in [2.75, 3.05) is 25.0 Å². The van der Waals surface area contributed by atoms with Gasteiger partial charge in [0.05, 0.1) is 0 Å². The molecule has 0 spiro atoms. The van der Waals surface area contributed by atoms with Crippen molar-refractivity contribution < 1.29 is 4.79 Å². The minimum Gasteiger partial charge on any atom is -0.269 e. The molecule has 0 radical (unpaired) electrons. The van der Waals surface area contributed by atoms with Crippen LogP contribution in [0.25, 0.3) is 0 Å². The average molecular weight is 338 g/mol. The van der Waals surface area contributed by atoms with Crippen LogP contribution < -0.4 is 0 Å². The number of carbonyl (C=O) groups is 1. The first-order chi connectivity index (χ1) is 9.12. The Morgan fingerprint density at radius 3 is 2.37 bits per heavy atom. The predicted molar refractivity (Wildman–Crippen MR) is 89.8 cm³/mol. The molecule has 1 aromatic heterocycles. The number of amides is 1. The summed E-state index contributed by atoms with van der Waals surface area (Å²) < 4.78 is 3.48. The summed E-state index contributed by atoms with van der Waals surface area (Å²) in [4.78, 5) is 12.4. The second-order valence-corrected chi connectivity index (χ2v) is 6.95. The molecule has 0 aromatic carbocycles. The molecule has 4 nitrogen and oxygen atoms in total. The molecule has 0 bridgehead atoms. The first-order valence-corrected chi connectivity index (χ1v) is 10.6. The summed E-state index contributed by atoms with van der Waals surface area (Å²) in [6.45, 7) is 2.10.